The predicted molar refractivity (Wildman–Crippen MR) is 57.2 cm³/mol. The summed E-state index contributed by atoms with van der Waals surface area (Å²) in [4.78, 5) is 0. The van der Waals surface area contributed by atoms with Crippen molar-refractivity contribution in [1.82, 2.24) is 0 Å². The standard InChI is InChI=1S/C12H20O4/c1-5-6(2)8-7(5)15-11-9(13-3)10(14-4)12(11)16-8/h5-12H,1-4H3. The molecule has 0 spiro atoms. The smallest absolute Gasteiger partial charge is 0.116 e. The average molecular weight is 228 g/mol. The number of hydrogen-bond acceptors (Lipinski definition) is 4. The number of hydrogen-bond donors (Lipinski definition) is 0. The summed E-state index contributed by atoms with van der Waals surface area (Å²) in [6.07, 6.45) is 0.689. The molecule has 4 nitrogen and oxygen atoms in total. The van der Waals surface area contributed by atoms with Crippen LogP contribution in [0.5, 0.6) is 0 Å². The molecule has 0 N–H and O–H groups in total. The van der Waals surface area contributed by atoms with Crippen molar-refractivity contribution >= 4 is 0 Å². The van der Waals surface area contributed by atoms with Crippen molar-refractivity contribution in [1.29, 1.82) is 0 Å². The van der Waals surface area contributed by atoms with Crippen LogP contribution in [-0.4, -0.2) is 50.8 Å². The summed E-state index contributed by atoms with van der Waals surface area (Å²) >= 11 is 0. The first kappa shape index (κ1) is 11.0. The Balaban J connectivity index is 1.71. The molecule has 1 heterocycles. The molecule has 3 rings (SSSR count). The molecule has 0 bridgehead atoms. The molecule has 3 fully saturated rings. The first-order chi connectivity index (χ1) is 7.69. The zero-order valence-corrected chi connectivity index (χ0v) is 10.3. The van der Waals surface area contributed by atoms with Crippen LogP contribution in [-0.2, 0) is 18.9 Å². The Hall–Kier alpha value is -0.160. The normalized spacial score (nSPS) is 59.2. The SMILES string of the molecule is COC1C(OC)C2OC3C(C)C(C)C3OC12. The van der Waals surface area contributed by atoms with E-state index in [2.05, 4.69) is 13.8 Å². The lowest BCUT2D eigenvalue weighted by Gasteiger charge is -2.62. The van der Waals surface area contributed by atoms with Gasteiger partial charge in [0.05, 0.1) is 12.2 Å². The van der Waals surface area contributed by atoms with Crippen molar-refractivity contribution < 1.29 is 18.9 Å². The van der Waals surface area contributed by atoms with Gasteiger partial charge in [-0.15, -0.1) is 0 Å². The van der Waals surface area contributed by atoms with Gasteiger partial charge in [0.15, 0.2) is 0 Å². The second kappa shape index (κ2) is 3.67. The predicted octanol–water partition coefficient (Wildman–Crippen LogP) is 0.837. The second-order valence-electron chi connectivity index (χ2n) is 5.25. The van der Waals surface area contributed by atoms with Crippen LogP contribution in [0.4, 0.5) is 0 Å². The van der Waals surface area contributed by atoms with E-state index in [1.54, 1.807) is 14.2 Å². The van der Waals surface area contributed by atoms with Crippen molar-refractivity contribution in [3.8, 4) is 0 Å². The number of methoxy groups -OCH3 is 2. The highest BCUT2D eigenvalue weighted by molar-refractivity contribution is 5.10. The Morgan fingerprint density at radius 1 is 0.688 bits per heavy atom. The highest BCUT2D eigenvalue weighted by Gasteiger charge is 2.63. The monoisotopic (exact) mass is 228 g/mol. The molecular formula is C12H20O4. The fourth-order valence-electron chi connectivity index (χ4n) is 3.27. The lowest BCUT2D eigenvalue weighted by Crippen LogP contribution is -2.76. The van der Waals surface area contributed by atoms with E-state index in [0.717, 1.165) is 0 Å². The van der Waals surface area contributed by atoms with Crippen LogP contribution in [0, 0.1) is 11.8 Å². The van der Waals surface area contributed by atoms with E-state index in [9.17, 15) is 0 Å². The van der Waals surface area contributed by atoms with Gasteiger partial charge >= 0.3 is 0 Å². The zero-order valence-electron chi connectivity index (χ0n) is 10.3. The maximum absolute atomic E-state index is 6.07. The third kappa shape index (κ3) is 1.19. The fraction of sp³-hybridized carbons (Fsp3) is 1.00. The van der Waals surface area contributed by atoms with Crippen molar-refractivity contribution in [3.63, 3.8) is 0 Å². The molecule has 2 aliphatic carbocycles. The molecule has 8 unspecified atom stereocenters. The molecule has 92 valence electrons. The first-order valence-electron chi connectivity index (χ1n) is 6.05. The van der Waals surface area contributed by atoms with Crippen LogP contribution in [0.15, 0.2) is 0 Å². The van der Waals surface area contributed by atoms with Gasteiger partial charge in [-0.1, -0.05) is 13.8 Å². The molecule has 0 aromatic heterocycles. The minimum atomic E-state index is 0.0269. The van der Waals surface area contributed by atoms with Gasteiger partial charge in [-0.05, 0) is 11.8 Å². The summed E-state index contributed by atoms with van der Waals surface area (Å²) in [5, 5.41) is 0. The highest BCUT2D eigenvalue weighted by atomic mass is 16.7. The molecule has 0 radical (unpaired) electrons. The zero-order chi connectivity index (χ0) is 11.4. The van der Waals surface area contributed by atoms with Crippen LogP contribution >= 0.6 is 0 Å². The van der Waals surface area contributed by atoms with Crippen LogP contribution in [0.25, 0.3) is 0 Å². The molecule has 1 aliphatic heterocycles. The fourth-order valence-corrected chi connectivity index (χ4v) is 3.27. The lowest BCUT2D eigenvalue weighted by molar-refractivity contribution is -0.379. The van der Waals surface area contributed by atoms with Gasteiger partial charge in [0.2, 0.25) is 0 Å². The minimum absolute atomic E-state index is 0.0269. The van der Waals surface area contributed by atoms with E-state index < -0.39 is 0 Å². The van der Waals surface area contributed by atoms with E-state index in [1.807, 2.05) is 0 Å². The molecule has 16 heavy (non-hydrogen) atoms. The lowest BCUT2D eigenvalue weighted by atomic mass is 9.68. The summed E-state index contributed by atoms with van der Waals surface area (Å²) in [5.41, 5.74) is 0. The van der Waals surface area contributed by atoms with Gasteiger partial charge in [-0.2, -0.15) is 0 Å². The minimum Gasteiger partial charge on any atom is -0.376 e. The number of fused-ring (bicyclic) bond motifs is 2. The van der Waals surface area contributed by atoms with Gasteiger partial charge in [0, 0.05) is 14.2 Å². The molecular weight excluding hydrogens is 208 g/mol. The molecule has 1 saturated heterocycles. The maximum Gasteiger partial charge on any atom is 0.116 e. The summed E-state index contributed by atoms with van der Waals surface area (Å²) < 4.78 is 22.9. The van der Waals surface area contributed by atoms with Crippen LogP contribution in [0.3, 0.4) is 0 Å². The molecule has 0 amide bonds. The summed E-state index contributed by atoms with van der Waals surface area (Å²) in [7, 11) is 3.41. The van der Waals surface area contributed by atoms with Crippen LogP contribution in [0.1, 0.15) is 13.8 Å². The van der Waals surface area contributed by atoms with Gasteiger partial charge in [0.25, 0.3) is 0 Å². The van der Waals surface area contributed by atoms with Crippen LogP contribution in [0.2, 0.25) is 0 Å². The molecule has 4 heteroatoms. The Labute approximate surface area is 96.2 Å². The Kier molecular flexibility index (Phi) is 2.51. The first-order valence-corrected chi connectivity index (χ1v) is 6.05. The van der Waals surface area contributed by atoms with Gasteiger partial charge in [0.1, 0.15) is 24.4 Å². The van der Waals surface area contributed by atoms with E-state index in [-0.39, 0.29) is 36.6 Å². The second-order valence-corrected chi connectivity index (χ2v) is 5.25. The summed E-state index contributed by atoms with van der Waals surface area (Å²) in [5.74, 6) is 1.18. The van der Waals surface area contributed by atoms with Gasteiger partial charge in [-0.25, -0.2) is 0 Å². The van der Waals surface area contributed by atoms with E-state index >= 15 is 0 Å². The Bertz CT molecular complexity index is 254. The van der Waals surface area contributed by atoms with E-state index in [4.69, 9.17) is 18.9 Å². The molecule has 2 saturated carbocycles. The van der Waals surface area contributed by atoms with Crippen molar-refractivity contribution in [2.75, 3.05) is 14.2 Å². The average Bonchev–Trinajstić information content (AvgIpc) is 2.30. The van der Waals surface area contributed by atoms with Crippen molar-refractivity contribution in [2.24, 2.45) is 11.8 Å². The number of ether oxygens (including phenoxy) is 4. The topological polar surface area (TPSA) is 36.9 Å². The summed E-state index contributed by atoms with van der Waals surface area (Å²) in [6, 6.07) is 0. The largest absolute Gasteiger partial charge is 0.376 e. The maximum atomic E-state index is 6.07. The van der Waals surface area contributed by atoms with E-state index in [1.165, 1.54) is 0 Å². The quantitative estimate of drug-likeness (QED) is 0.701. The third-order valence-electron chi connectivity index (χ3n) is 4.66. The Morgan fingerprint density at radius 3 is 1.38 bits per heavy atom. The third-order valence-corrected chi connectivity index (χ3v) is 4.66. The Morgan fingerprint density at radius 2 is 1.06 bits per heavy atom. The van der Waals surface area contributed by atoms with Crippen LogP contribution < -0.4 is 0 Å². The highest BCUT2D eigenvalue weighted by Crippen LogP contribution is 2.48. The van der Waals surface area contributed by atoms with Crippen molar-refractivity contribution in [3.05, 3.63) is 0 Å². The molecule has 0 aromatic carbocycles. The molecule has 3 aliphatic rings. The van der Waals surface area contributed by atoms with Crippen molar-refractivity contribution in [2.45, 2.75) is 50.5 Å². The summed E-state index contributed by atoms with van der Waals surface area (Å²) in [6.45, 7) is 4.45. The van der Waals surface area contributed by atoms with Gasteiger partial charge in [-0.3, -0.25) is 0 Å². The molecule has 0 aromatic rings. The number of rotatable bonds is 2. The van der Waals surface area contributed by atoms with E-state index in [0.29, 0.717) is 11.8 Å². The molecule has 8 atom stereocenters. The van der Waals surface area contributed by atoms with Gasteiger partial charge < -0.3 is 18.9 Å².